The van der Waals surface area contributed by atoms with E-state index in [0.29, 0.717) is 23.7 Å². The number of ether oxygens (including phenoxy) is 2. The van der Waals surface area contributed by atoms with E-state index in [1.807, 2.05) is 26.2 Å². The number of carbonyl (C=O) groups is 1. The fraction of sp³-hybridized carbons (Fsp3) is 0.345. The van der Waals surface area contributed by atoms with Crippen molar-refractivity contribution in [1.82, 2.24) is 10.2 Å². The number of halogens is 1. The predicted molar refractivity (Wildman–Crippen MR) is 150 cm³/mol. The SMILES string of the molecule is COc1cc(NC(=O)NCC(c2ccc(N(C)C)cc2)N2CCN(c3ccc(F)cc3)CC2)cc(OC)c1. The molecule has 1 heterocycles. The van der Waals surface area contributed by atoms with Crippen LogP contribution in [0.5, 0.6) is 11.5 Å². The van der Waals surface area contributed by atoms with Crippen molar-refractivity contribution < 1.29 is 18.7 Å². The molecule has 9 heteroatoms. The van der Waals surface area contributed by atoms with Crippen molar-refractivity contribution in [2.75, 3.05) is 76.2 Å². The topological polar surface area (TPSA) is 69.3 Å². The zero-order chi connectivity index (χ0) is 27.1. The molecule has 0 aliphatic carbocycles. The lowest BCUT2D eigenvalue weighted by Crippen LogP contribution is -2.50. The number of nitrogens with zero attached hydrogens (tertiary/aromatic N) is 3. The molecule has 0 spiro atoms. The summed E-state index contributed by atoms with van der Waals surface area (Å²) in [6, 6.07) is 20.0. The highest BCUT2D eigenvalue weighted by atomic mass is 19.1. The van der Waals surface area contributed by atoms with E-state index in [2.05, 4.69) is 49.6 Å². The van der Waals surface area contributed by atoms with Gasteiger partial charge in [0.15, 0.2) is 0 Å². The molecule has 4 rings (SSSR count). The Balaban J connectivity index is 1.45. The number of amides is 2. The maximum atomic E-state index is 13.4. The van der Waals surface area contributed by atoms with Gasteiger partial charge in [-0.1, -0.05) is 12.1 Å². The highest BCUT2D eigenvalue weighted by Gasteiger charge is 2.26. The van der Waals surface area contributed by atoms with E-state index in [0.717, 1.165) is 43.1 Å². The van der Waals surface area contributed by atoms with Gasteiger partial charge in [-0.2, -0.15) is 0 Å². The minimum Gasteiger partial charge on any atom is -0.497 e. The minimum absolute atomic E-state index is 0.00724. The Morgan fingerprint density at radius 2 is 1.53 bits per heavy atom. The van der Waals surface area contributed by atoms with Crippen LogP contribution < -0.4 is 29.9 Å². The molecule has 1 atom stereocenters. The summed E-state index contributed by atoms with van der Waals surface area (Å²) in [6.45, 7) is 3.69. The van der Waals surface area contributed by atoms with Gasteiger partial charge in [0.05, 0.1) is 20.3 Å². The number of benzene rings is 3. The average molecular weight is 522 g/mol. The van der Waals surface area contributed by atoms with Gasteiger partial charge in [0, 0.05) is 82.1 Å². The molecular formula is C29H36FN5O3. The first-order valence-electron chi connectivity index (χ1n) is 12.7. The van der Waals surface area contributed by atoms with Crippen LogP contribution in [0.25, 0.3) is 0 Å². The number of nitrogens with one attached hydrogen (secondary N) is 2. The lowest BCUT2D eigenvalue weighted by atomic mass is 10.0. The van der Waals surface area contributed by atoms with Gasteiger partial charge < -0.3 is 29.9 Å². The summed E-state index contributed by atoms with van der Waals surface area (Å²) in [5.41, 5.74) is 3.85. The predicted octanol–water partition coefficient (Wildman–Crippen LogP) is 4.59. The number of anilines is 3. The van der Waals surface area contributed by atoms with Crippen molar-refractivity contribution in [3.8, 4) is 11.5 Å². The second-order valence-electron chi connectivity index (χ2n) is 9.44. The molecule has 1 aliphatic rings. The third-order valence-electron chi connectivity index (χ3n) is 6.81. The Morgan fingerprint density at radius 1 is 0.921 bits per heavy atom. The monoisotopic (exact) mass is 521 g/mol. The van der Waals surface area contributed by atoms with Crippen LogP contribution >= 0.6 is 0 Å². The fourth-order valence-corrected chi connectivity index (χ4v) is 4.64. The Hall–Kier alpha value is -3.98. The molecule has 1 unspecified atom stereocenters. The molecule has 38 heavy (non-hydrogen) atoms. The van der Waals surface area contributed by atoms with Crippen molar-refractivity contribution in [3.63, 3.8) is 0 Å². The van der Waals surface area contributed by atoms with Crippen LogP contribution in [0.3, 0.4) is 0 Å². The molecule has 0 aromatic heterocycles. The maximum absolute atomic E-state index is 13.4. The Kier molecular flexibility index (Phi) is 8.91. The number of rotatable bonds is 9. The van der Waals surface area contributed by atoms with E-state index in [1.54, 1.807) is 32.4 Å². The van der Waals surface area contributed by atoms with Gasteiger partial charge in [-0.3, -0.25) is 4.90 Å². The van der Waals surface area contributed by atoms with E-state index >= 15 is 0 Å². The Morgan fingerprint density at radius 3 is 2.08 bits per heavy atom. The molecule has 2 amide bonds. The lowest BCUT2D eigenvalue weighted by molar-refractivity contribution is 0.182. The van der Waals surface area contributed by atoms with Crippen LogP contribution in [0.15, 0.2) is 66.7 Å². The van der Waals surface area contributed by atoms with Gasteiger partial charge in [-0.15, -0.1) is 0 Å². The van der Waals surface area contributed by atoms with Gasteiger partial charge in [0.2, 0.25) is 0 Å². The number of piperazine rings is 1. The molecule has 0 bridgehead atoms. The molecule has 1 saturated heterocycles. The molecular weight excluding hydrogens is 485 g/mol. The minimum atomic E-state index is -0.305. The number of carbonyl (C=O) groups excluding carboxylic acids is 1. The van der Waals surface area contributed by atoms with E-state index in [1.165, 1.54) is 12.1 Å². The molecule has 202 valence electrons. The van der Waals surface area contributed by atoms with Gasteiger partial charge >= 0.3 is 6.03 Å². The van der Waals surface area contributed by atoms with Crippen LogP contribution in [0.4, 0.5) is 26.2 Å². The average Bonchev–Trinajstić information content (AvgIpc) is 2.94. The summed E-state index contributed by atoms with van der Waals surface area (Å²) in [6.07, 6.45) is 0. The first-order valence-corrected chi connectivity index (χ1v) is 12.7. The summed E-state index contributed by atoms with van der Waals surface area (Å²) in [5, 5.41) is 5.93. The quantitative estimate of drug-likeness (QED) is 0.429. The van der Waals surface area contributed by atoms with Crippen LogP contribution in [-0.4, -0.2) is 72.0 Å². The zero-order valence-electron chi connectivity index (χ0n) is 22.4. The van der Waals surface area contributed by atoms with Crippen LogP contribution in [0.1, 0.15) is 11.6 Å². The van der Waals surface area contributed by atoms with Gasteiger partial charge in [-0.05, 0) is 42.0 Å². The Labute approximate surface area is 223 Å². The number of hydrogen-bond donors (Lipinski definition) is 2. The molecule has 3 aromatic carbocycles. The summed E-state index contributed by atoms with van der Waals surface area (Å²) < 4.78 is 24.0. The van der Waals surface area contributed by atoms with Crippen LogP contribution in [-0.2, 0) is 0 Å². The summed E-state index contributed by atoms with van der Waals surface area (Å²) >= 11 is 0. The van der Waals surface area contributed by atoms with Crippen molar-refractivity contribution in [1.29, 1.82) is 0 Å². The van der Waals surface area contributed by atoms with Crippen LogP contribution in [0.2, 0.25) is 0 Å². The first-order chi connectivity index (χ1) is 18.4. The van der Waals surface area contributed by atoms with Crippen molar-refractivity contribution in [2.24, 2.45) is 0 Å². The van der Waals surface area contributed by atoms with E-state index < -0.39 is 0 Å². The molecule has 2 N–H and O–H groups in total. The van der Waals surface area contributed by atoms with Crippen molar-refractivity contribution in [3.05, 3.63) is 78.1 Å². The summed E-state index contributed by atoms with van der Waals surface area (Å²) in [5.74, 6) is 0.959. The lowest BCUT2D eigenvalue weighted by Gasteiger charge is -2.40. The zero-order valence-corrected chi connectivity index (χ0v) is 22.4. The molecule has 1 aliphatic heterocycles. The van der Waals surface area contributed by atoms with Gasteiger partial charge in [0.1, 0.15) is 17.3 Å². The third kappa shape index (κ3) is 6.86. The summed E-state index contributed by atoms with van der Waals surface area (Å²) in [4.78, 5) is 19.6. The third-order valence-corrected chi connectivity index (χ3v) is 6.81. The standard InChI is InChI=1S/C29H36FN5O3/c1-33(2)24-9-5-21(6-10-24)28(35-15-13-34(14-16-35)25-11-7-22(30)8-12-25)20-31-29(36)32-23-17-26(37-3)19-27(18-23)38-4/h5-12,17-19,28H,13-16,20H2,1-4H3,(H2,31,32,36). The number of urea groups is 1. The maximum Gasteiger partial charge on any atom is 0.319 e. The van der Waals surface area contributed by atoms with Crippen LogP contribution in [0, 0.1) is 5.82 Å². The van der Waals surface area contributed by atoms with E-state index in [9.17, 15) is 9.18 Å². The molecule has 8 nitrogen and oxygen atoms in total. The largest absolute Gasteiger partial charge is 0.497 e. The Bertz CT molecular complexity index is 1170. The smallest absolute Gasteiger partial charge is 0.319 e. The fourth-order valence-electron chi connectivity index (χ4n) is 4.64. The highest BCUT2D eigenvalue weighted by Crippen LogP contribution is 2.27. The number of methoxy groups -OCH3 is 2. The molecule has 0 radical (unpaired) electrons. The van der Waals surface area contributed by atoms with E-state index in [-0.39, 0.29) is 17.9 Å². The van der Waals surface area contributed by atoms with Gasteiger partial charge in [0.25, 0.3) is 0 Å². The second-order valence-corrected chi connectivity index (χ2v) is 9.44. The van der Waals surface area contributed by atoms with E-state index in [4.69, 9.17) is 9.47 Å². The summed E-state index contributed by atoms with van der Waals surface area (Å²) in [7, 11) is 7.17. The highest BCUT2D eigenvalue weighted by molar-refractivity contribution is 5.89. The molecule has 0 saturated carbocycles. The first kappa shape index (κ1) is 27.1. The van der Waals surface area contributed by atoms with Crippen molar-refractivity contribution >= 4 is 23.1 Å². The second kappa shape index (κ2) is 12.5. The van der Waals surface area contributed by atoms with Gasteiger partial charge in [-0.25, -0.2) is 9.18 Å². The molecule has 1 fully saturated rings. The number of hydrogen-bond acceptors (Lipinski definition) is 6. The van der Waals surface area contributed by atoms with Crippen molar-refractivity contribution in [2.45, 2.75) is 6.04 Å². The normalized spacial score (nSPS) is 14.5. The molecule has 3 aromatic rings.